The molecule has 0 bridgehead atoms. The first-order chi connectivity index (χ1) is 38.7. The lowest BCUT2D eigenvalue weighted by atomic mass is 9.84. The molecule has 0 saturated carbocycles. The summed E-state index contributed by atoms with van der Waals surface area (Å²) in [6, 6.07) is 95.6. The second kappa shape index (κ2) is 20.0. The van der Waals surface area contributed by atoms with Crippen molar-refractivity contribution in [3.63, 3.8) is 0 Å². The van der Waals surface area contributed by atoms with Gasteiger partial charge in [-0.05, 0) is 133 Å². The van der Waals surface area contributed by atoms with Crippen LogP contribution in [0, 0.1) is 0 Å². The molecule has 4 heterocycles. The summed E-state index contributed by atoms with van der Waals surface area (Å²) in [4.78, 5) is 10.4. The van der Waals surface area contributed by atoms with Crippen LogP contribution in [-0.4, -0.2) is 24.7 Å². The van der Waals surface area contributed by atoms with Gasteiger partial charge in [0.1, 0.15) is 0 Å². The zero-order valence-electron chi connectivity index (χ0n) is 42.5. The SMILES string of the molecule is c1ccc(-c2cc(-c3ccccc3)c(-c3ccccc3-c3cc(-c4cc5c6ccccc6n(-c6ccccc6)c5cc4-c4cn[nH]c4)cc(-c4ccccc4-c4cnc(-c5ccccc5)cc4-c4ccccc4)c3)cn2)cc1. The van der Waals surface area contributed by atoms with Crippen LogP contribution < -0.4 is 0 Å². The van der Waals surface area contributed by atoms with Crippen molar-refractivity contribution in [2.45, 2.75) is 0 Å². The number of benzene rings is 10. The average molecular weight is 996 g/mol. The molecule has 5 heteroatoms. The first-order valence-electron chi connectivity index (χ1n) is 26.4. The van der Waals surface area contributed by atoms with Gasteiger partial charge in [-0.15, -0.1) is 0 Å². The van der Waals surface area contributed by atoms with Gasteiger partial charge in [0, 0.05) is 62.9 Å². The molecule has 0 radical (unpaired) electrons. The molecule has 78 heavy (non-hydrogen) atoms. The largest absolute Gasteiger partial charge is 0.309 e. The number of hydrogen-bond donors (Lipinski definition) is 1. The van der Waals surface area contributed by atoms with E-state index in [9.17, 15) is 0 Å². The lowest BCUT2D eigenvalue weighted by Gasteiger charge is -2.20. The van der Waals surface area contributed by atoms with Gasteiger partial charge < -0.3 is 4.57 Å². The molecule has 366 valence electrons. The third kappa shape index (κ3) is 8.46. The van der Waals surface area contributed by atoms with Gasteiger partial charge >= 0.3 is 0 Å². The fourth-order valence-electron chi connectivity index (χ4n) is 11.4. The van der Waals surface area contributed by atoms with Crippen molar-refractivity contribution in [2.24, 2.45) is 0 Å². The molecular weight excluding hydrogens is 947 g/mol. The zero-order chi connectivity index (χ0) is 51.8. The number of hydrogen-bond acceptors (Lipinski definition) is 3. The van der Waals surface area contributed by atoms with Crippen LogP contribution in [0.5, 0.6) is 0 Å². The maximum atomic E-state index is 5.18. The van der Waals surface area contributed by atoms with E-state index in [2.05, 4.69) is 282 Å². The molecule has 0 atom stereocenters. The Labute approximate surface area is 453 Å². The summed E-state index contributed by atoms with van der Waals surface area (Å²) in [6.07, 6.45) is 8.07. The smallest absolute Gasteiger partial charge is 0.0708 e. The van der Waals surface area contributed by atoms with E-state index in [1.807, 2.05) is 24.5 Å². The maximum Gasteiger partial charge on any atom is 0.0708 e. The monoisotopic (exact) mass is 995 g/mol. The van der Waals surface area contributed by atoms with E-state index in [-0.39, 0.29) is 0 Å². The second-order valence-electron chi connectivity index (χ2n) is 19.7. The minimum absolute atomic E-state index is 0.925. The van der Waals surface area contributed by atoms with Crippen LogP contribution in [0.2, 0.25) is 0 Å². The number of aromatic nitrogens is 5. The lowest BCUT2D eigenvalue weighted by molar-refractivity contribution is 1.09. The molecule has 1 N–H and O–H groups in total. The molecular formula is C73H49N5. The normalized spacial score (nSPS) is 11.3. The molecule has 0 spiro atoms. The second-order valence-corrected chi connectivity index (χ2v) is 19.7. The number of H-pyrrole nitrogens is 1. The standard InChI is InChI=1S/C73H49N5/c1-6-22-49(23-7-1)64-42-70(51-26-10-3-11-27-51)74-47-68(64)60-34-18-16-32-58(60)53-38-54(59-33-17-19-35-61(59)69-48-75-71(52-28-12-4-13-29-52)43-65(69)50-24-8-2-9-25-50)40-55(39-53)63-41-67-62-36-20-21-37-72(62)78(57-30-14-5-15-31-57)73(67)44-66(63)56-45-76-77-46-56/h1-48H,(H,76,77). The van der Waals surface area contributed by atoms with E-state index in [0.717, 1.165) is 128 Å². The van der Waals surface area contributed by atoms with Gasteiger partial charge in [0.25, 0.3) is 0 Å². The highest BCUT2D eigenvalue weighted by Gasteiger charge is 2.23. The van der Waals surface area contributed by atoms with E-state index >= 15 is 0 Å². The van der Waals surface area contributed by atoms with E-state index in [4.69, 9.17) is 9.97 Å². The Kier molecular flexibility index (Phi) is 11.8. The van der Waals surface area contributed by atoms with E-state index < -0.39 is 0 Å². The van der Waals surface area contributed by atoms with Crippen molar-refractivity contribution in [3.8, 4) is 117 Å². The minimum Gasteiger partial charge on any atom is -0.309 e. The third-order valence-corrected chi connectivity index (χ3v) is 15.1. The van der Waals surface area contributed by atoms with Crippen molar-refractivity contribution < 1.29 is 0 Å². The Bertz CT molecular complexity index is 4270. The molecule has 4 aromatic heterocycles. The summed E-state index contributed by atoms with van der Waals surface area (Å²) in [5, 5.41) is 10.0. The summed E-state index contributed by atoms with van der Waals surface area (Å²) in [5.41, 5.74) is 24.7. The number of pyridine rings is 2. The maximum absolute atomic E-state index is 5.18. The molecule has 14 aromatic rings. The molecule has 0 unspecified atom stereocenters. The molecule has 5 nitrogen and oxygen atoms in total. The highest BCUT2D eigenvalue weighted by atomic mass is 15.1. The van der Waals surface area contributed by atoms with Crippen LogP contribution in [-0.2, 0) is 0 Å². The average Bonchev–Trinajstić information content (AvgIpc) is 4.19. The van der Waals surface area contributed by atoms with Crippen LogP contribution >= 0.6 is 0 Å². The van der Waals surface area contributed by atoms with E-state index in [0.29, 0.717) is 0 Å². The zero-order valence-corrected chi connectivity index (χ0v) is 42.5. The predicted molar refractivity (Wildman–Crippen MR) is 323 cm³/mol. The number of rotatable bonds is 11. The Balaban J connectivity index is 1.04. The van der Waals surface area contributed by atoms with E-state index in [1.165, 1.54) is 10.8 Å². The van der Waals surface area contributed by atoms with Crippen molar-refractivity contribution in [1.29, 1.82) is 0 Å². The highest BCUT2D eigenvalue weighted by molar-refractivity contribution is 6.13. The minimum atomic E-state index is 0.925. The Morgan fingerprint density at radius 2 is 0.667 bits per heavy atom. The van der Waals surface area contributed by atoms with Gasteiger partial charge in [0.05, 0.1) is 28.6 Å². The van der Waals surface area contributed by atoms with Crippen molar-refractivity contribution in [1.82, 2.24) is 24.7 Å². The highest BCUT2D eigenvalue weighted by Crippen LogP contribution is 2.47. The number of nitrogens with zero attached hydrogens (tertiary/aromatic N) is 4. The summed E-state index contributed by atoms with van der Waals surface area (Å²) < 4.78 is 2.38. The number of fused-ring (bicyclic) bond motifs is 3. The Morgan fingerprint density at radius 3 is 1.17 bits per heavy atom. The van der Waals surface area contributed by atoms with Gasteiger partial charge in [0.2, 0.25) is 0 Å². The molecule has 0 saturated heterocycles. The topological polar surface area (TPSA) is 59.4 Å². The quantitative estimate of drug-likeness (QED) is 0.140. The molecule has 0 aliphatic heterocycles. The third-order valence-electron chi connectivity index (χ3n) is 15.1. The van der Waals surface area contributed by atoms with Crippen LogP contribution in [0.4, 0.5) is 0 Å². The molecule has 0 aliphatic carbocycles. The van der Waals surface area contributed by atoms with E-state index in [1.54, 1.807) is 0 Å². The predicted octanol–water partition coefficient (Wildman–Crippen LogP) is 19.0. The lowest BCUT2D eigenvalue weighted by Crippen LogP contribution is -1.96. The van der Waals surface area contributed by atoms with Crippen molar-refractivity contribution in [3.05, 3.63) is 292 Å². The van der Waals surface area contributed by atoms with Gasteiger partial charge in [-0.3, -0.25) is 15.1 Å². The summed E-state index contributed by atoms with van der Waals surface area (Å²) in [7, 11) is 0. The van der Waals surface area contributed by atoms with Gasteiger partial charge in [-0.1, -0.05) is 206 Å². The van der Waals surface area contributed by atoms with Gasteiger partial charge in [-0.25, -0.2) is 0 Å². The fraction of sp³-hybridized carbons (Fsp3) is 0. The van der Waals surface area contributed by atoms with Crippen LogP contribution in [0.25, 0.3) is 139 Å². The van der Waals surface area contributed by atoms with Crippen LogP contribution in [0.3, 0.4) is 0 Å². The summed E-state index contributed by atoms with van der Waals surface area (Å²) >= 11 is 0. The fourth-order valence-corrected chi connectivity index (χ4v) is 11.4. The van der Waals surface area contributed by atoms with Crippen LogP contribution in [0.1, 0.15) is 0 Å². The first kappa shape index (κ1) is 46.1. The number of aromatic amines is 1. The first-order valence-corrected chi connectivity index (χ1v) is 26.4. The van der Waals surface area contributed by atoms with Gasteiger partial charge in [-0.2, -0.15) is 5.10 Å². The summed E-state index contributed by atoms with van der Waals surface area (Å²) in [6.45, 7) is 0. The van der Waals surface area contributed by atoms with Crippen LogP contribution in [0.15, 0.2) is 292 Å². The molecule has 0 amide bonds. The molecule has 0 aliphatic rings. The van der Waals surface area contributed by atoms with Gasteiger partial charge in [0.15, 0.2) is 0 Å². The Hall–Kier alpha value is -10.5. The Morgan fingerprint density at radius 1 is 0.256 bits per heavy atom. The van der Waals surface area contributed by atoms with Crippen molar-refractivity contribution in [2.75, 3.05) is 0 Å². The molecule has 10 aromatic carbocycles. The summed E-state index contributed by atoms with van der Waals surface area (Å²) in [5.74, 6) is 0. The van der Waals surface area contributed by atoms with Crippen molar-refractivity contribution >= 4 is 21.8 Å². The molecule has 0 fully saturated rings. The molecule has 14 rings (SSSR count). The number of para-hydroxylation sites is 2. The number of nitrogens with one attached hydrogen (secondary N) is 1.